The number of hydrogen-bond acceptors (Lipinski definition) is 3. The van der Waals surface area contributed by atoms with E-state index in [1.54, 1.807) is 17.8 Å². The van der Waals surface area contributed by atoms with Crippen molar-refractivity contribution in [1.29, 1.82) is 0 Å². The Kier molecular flexibility index (Phi) is 5.69. The van der Waals surface area contributed by atoms with Crippen LogP contribution in [0.2, 0.25) is 0 Å². The summed E-state index contributed by atoms with van der Waals surface area (Å²) in [6.45, 7) is 2.10. The minimum atomic E-state index is 0.0123. The van der Waals surface area contributed by atoms with Gasteiger partial charge in [-0.2, -0.15) is 0 Å². The molecule has 110 valence electrons. The summed E-state index contributed by atoms with van der Waals surface area (Å²) < 4.78 is 0. The lowest BCUT2D eigenvalue weighted by Gasteiger charge is -2.08. The highest BCUT2D eigenvalue weighted by Gasteiger charge is 2.05. The van der Waals surface area contributed by atoms with Crippen LogP contribution < -0.4 is 11.1 Å². The van der Waals surface area contributed by atoms with Crippen LogP contribution in [0, 0.1) is 6.92 Å². The molecular weight excluding hydrogens is 280 g/mol. The molecule has 21 heavy (non-hydrogen) atoms. The Morgan fingerprint density at radius 3 is 2.62 bits per heavy atom. The Morgan fingerprint density at radius 2 is 1.86 bits per heavy atom. The third-order valence-corrected chi connectivity index (χ3v) is 4.40. The molecule has 3 nitrogen and oxygen atoms in total. The van der Waals surface area contributed by atoms with Crippen molar-refractivity contribution in [2.45, 2.75) is 24.7 Å². The number of nitrogens with one attached hydrogen (secondary N) is 1. The maximum Gasteiger partial charge on any atom is 0.224 e. The van der Waals surface area contributed by atoms with E-state index in [-0.39, 0.29) is 5.91 Å². The fourth-order valence-electron chi connectivity index (χ4n) is 1.96. The fourth-order valence-corrected chi connectivity index (χ4v) is 2.94. The minimum Gasteiger partial charge on any atom is -0.397 e. The van der Waals surface area contributed by atoms with Gasteiger partial charge in [0.15, 0.2) is 0 Å². The van der Waals surface area contributed by atoms with E-state index in [0.29, 0.717) is 17.8 Å². The molecule has 4 heteroatoms. The van der Waals surface area contributed by atoms with Crippen molar-refractivity contribution in [2.24, 2.45) is 0 Å². The van der Waals surface area contributed by atoms with Crippen LogP contribution in [0.15, 0.2) is 53.4 Å². The molecule has 0 saturated heterocycles. The maximum atomic E-state index is 11.9. The Hall–Kier alpha value is -1.94. The molecule has 0 spiro atoms. The Balaban J connectivity index is 1.73. The summed E-state index contributed by atoms with van der Waals surface area (Å²) in [5.41, 5.74) is 8.37. The summed E-state index contributed by atoms with van der Waals surface area (Å²) in [6.07, 6.45) is 1.35. The molecule has 0 aliphatic heterocycles. The van der Waals surface area contributed by atoms with Crippen molar-refractivity contribution in [3.05, 3.63) is 54.1 Å². The first kappa shape index (κ1) is 15.4. The molecule has 2 aromatic rings. The van der Waals surface area contributed by atoms with Gasteiger partial charge in [-0.1, -0.05) is 30.3 Å². The Bertz CT molecular complexity index is 613. The summed E-state index contributed by atoms with van der Waals surface area (Å²) in [5.74, 6) is 0.945. The topological polar surface area (TPSA) is 55.1 Å². The van der Waals surface area contributed by atoms with Gasteiger partial charge in [0, 0.05) is 11.3 Å². The molecule has 0 bridgehead atoms. The number of aryl methyl sites for hydroxylation is 1. The predicted molar refractivity (Wildman–Crippen MR) is 90.6 cm³/mol. The number of nitrogens with two attached hydrogens (primary N) is 1. The van der Waals surface area contributed by atoms with Crippen LogP contribution in [0.5, 0.6) is 0 Å². The van der Waals surface area contributed by atoms with Crippen molar-refractivity contribution < 1.29 is 4.79 Å². The van der Waals surface area contributed by atoms with Crippen LogP contribution in [-0.4, -0.2) is 11.7 Å². The second-order valence-corrected chi connectivity index (χ2v) is 5.99. The molecule has 0 heterocycles. The molecule has 0 aliphatic carbocycles. The van der Waals surface area contributed by atoms with E-state index < -0.39 is 0 Å². The van der Waals surface area contributed by atoms with Gasteiger partial charge in [0.25, 0.3) is 0 Å². The van der Waals surface area contributed by atoms with E-state index in [9.17, 15) is 4.79 Å². The van der Waals surface area contributed by atoms with E-state index in [1.807, 2.05) is 30.3 Å². The molecule has 0 unspecified atom stereocenters. The number of benzene rings is 2. The smallest absolute Gasteiger partial charge is 0.224 e. The average Bonchev–Trinajstić information content (AvgIpc) is 2.48. The normalized spacial score (nSPS) is 10.3. The standard InChI is InChI=1S/C17H20N2OS/c1-13-7-2-5-10-16(13)21-12-6-11-17(20)19-15-9-4-3-8-14(15)18/h2-5,7-10H,6,11-12,18H2,1H3,(H,19,20). The number of para-hydroxylation sites is 2. The number of amides is 1. The summed E-state index contributed by atoms with van der Waals surface area (Å²) >= 11 is 1.79. The van der Waals surface area contributed by atoms with Gasteiger partial charge in [-0.3, -0.25) is 4.79 Å². The predicted octanol–water partition coefficient (Wildman–Crippen LogP) is 4.09. The molecular formula is C17H20N2OS. The Labute approximate surface area is 129 Å². The molecule has 0 fully saturated rings. The van der Waals surface area contributed by atoms with E-state index in [4.69, 9.17) is 5.73 Å². The van der Waals surface area contributed by atoms with Crippen LogP contribution >= 0.6 is 11.8 Å². The number of rotatable bonds is 6. The monoisotopic (exact) mass is 300 g/mol. The van der Waals surface area contributed by atoms with Gasteiger partial charge in [-0.15, -0.1) is 11.8 Å². The third kappa shape index (κ3) is 4.83. The lowest BCUT2D eigenvalue weighted by molar-refractivity contribution is -0.116. The molecule has 0 saturated carbocycles. The van der Waals surface area contributed by atoms with Gasteiger partial charge in [-0.25, -0.2) is 0 Å². The van der Waals surface area contributed by atoms with Crippen molar-refractivity contribution in [3.8, 4) is 0 Å². The van der Waals surface area contributed by atoms with Crippen LogP contribution in [0.4, 0.5) is 11.4 Å². The second kappa shape index (κ2) is 7.74. The largest absolute Gasteiger partial charge is 0.397 e. The number of carbonyl (C=O) groups is 1. The van der Waals surface area contributed by atoms with Gasteiger partial charge < -0.3 is 11.1 Å². The van der Waals surface area contributed by atoms with Gasteiger partial charge >= 0.3 is 0 Å². The highest BCUT2D eigenvalue weighted by molar-refractivity contribution is 7.99. The number of carbonyl (C=O) groups excluding carboxylic acids is 1. The molecule has 1 amide bonds. The average molecular weight is 300 g/mol. The number of nitrogen functional groups attached to an aromatic ring is 1. The zero-order valence-electron chi connectivity index (χ0n) is 12.1. The van der Waals surface area contributed by atoms with Crippen LogP contribution in [-0.2, 0) is 4.79 Å². The van der Waals surface area contributed by atoms with Gasteiger partial charge in [0.05, 0.1) is 11.4 Å². The van der Waals surface area contributed by atoms with Crippen molar-refractivity contribution in [1.82, 2.24) is 0 Å². The first-order valence-electron chi connectivity index (χ1n) is 6.99. The molecule has 2 rings (SSSR count). The van der Waals surface area contributed by atoms with E-state index >= 15 is 0 Å². The zero-order chi connectivity index (χ0) is 15.1. The van der Waals surface area contributed by atoms with Gasteiger partial charge in [0.2, 0.25) is 5.91 Å². The maximum absolute atomic E-state index is 11.9. The first-order valence-corrected chi connectivity index (χ1v) is 7.98. The zero-order valence-corrected chi connectivity index (χ0v) is 13.0. The molecule has 0 radical (unpaired) electrons. The lowest BCUT2D eigenvalue weighted by atomic mass is 10.2. The molecule has 0 aromatic heterocycles. The van der Waals surface area contributed by atoms with E-state index in [1.165, 1.54) is 10.5 Å². The summed E-state index contributed by atoms with van der Waals surface area (Å²) in [6, 6.07) is 15.6. The SMILES string of the molecule is Cc1ccccc1SCCCC(=O)Nc1ccccc1N. The molecule has 0 atom stereocenters. The summed E-state index contributed by atoms with van der Waals surface area (Å²) in [5, 5.41) is 2.85. The molecule has 2 aromatic carbocycles. The quantitative estimate of drug-likeness (QED) is 0.480. The van der Waals surface area contributed by atoms with Crippen LogP contribution in [0.25, 0.3) is 0 Å². The summed E-state index contributed by atoms with van der Waals surface area (Å²) in [7, 11) is 0. The highest BCUT2D eigenvalue weighted by atomic mass is 32.2. The van der Waals surface area contributed by atoms with Crippen molar-refractivity contribution in [3.63, 3.8) is 0 Å². The van der Waals surface area contributed by atoms with E-state index in [0.717, 1.165) is 12.2 Å². The van der Waals surface area contributed by atoms with Gasteiger partial charge in [-0.05, 0) is 42.9 Å². The third-order valence-electron chi connectivity index (χ3n) is 3.13. The number of thioether (sulfide) groups is 1. The molecule has 0 aliphatic rings. The van der Waals surface area contributed by atoms with Crippen molar-refractivity contribution >= 4 is 29.0 Å². The molecule has 3 N–H and O–H groups in total. The fraction of sp³-hybridized carbons (Fsp3) is 0.235. The van der Waals surface area contributed by atoms with Crippen LogP contribution in [0.1, 0.15) is 18.4 Å². The minimum absolute atomic E-state index is 0.0123. The number of hydrogen-bond donors (Lipinski definition) is 2. The highest BCUT2D eigenvalue weighted by Crippen LogP contribution is 2.23. The number of anilines is 2. The van der Waals surface area contributed by atoms with Crippen LogP contribution in [0.3, 0.4) is 0 Å². The summed E-state index contributed by atoms with van der Waals surface area (Å²) in [4.78, 5) is 13.1. The van der Waals surface area contributed by atoms with E-state index in [2.05, 4.69) is 24.4 Å². The van der Waals surface area contributed by atoms with Gasteiger partial charge in [0.1, 0.15) is 0 Å². The lowest BCUT2D eigenvalue weighted by Crippen LogP contribution is -2.12. The first-order chi connectivity index (χ1) is 10.2. The Morgan fingerprint density at radius 1 is 1.14 bits per heavy atom. The van der Waals surface area contributed by atoms with Crippen molar-refractivity contribution in [2.75, 3.05) is 16.8 Å². The second-order valence-electron chi connectivity index (χ2n) is 4.85.